The topological polar surface area (TPSA) is 12.0 Å². The van der Waals surface area contributed by atoms with E-state index in [-0.39, 0.29) is 11.5 Å². The van der Waals surface area contributed by atoms with E-state index < -0.39 is 11.6 Å². The highest BCUT2D eigenvalue weighted by Crippen LogP contribution is 2.19. The quantitative estimate of drug-likeness (QED) is 0.803. The normalized spacial score (nSPS) is 14.6. The summed E-state index contributed by atoms with van der Waals surface area (Å²) in [5.41, 5.74) is 0.205. The van der Waals surface area contributed by atoms with Crippen molar-refractivity contribution in [1.82, 2.24) is 5.32 Å². The van der Waals surface area contributed by atoms with Gasteiger partial charge in [-0.1, -0.05) is 26.8 Å². The predicted octanol–water partition coefficient (Wildman–Crippen LogP) is 3.53. The summed E-state index contributed by atoms with van der Waals surface area (Å²) in [6.07, 6.45) is 1.40. The third-order valence-electron chi connectivity index (χ3n) is 3.18. The average molecular weight is 241 g/mol. The summed E-state index contributed by atoms with van der Waals surface area (Å²) < 4.78 is 27.0. The van der Waals surface area contributed by atoms with Gasteiger partial charge in [0.15, 0.2) is 0 Å². The van der Waals surface area contributed by atoms with Crippen LogP contribution in [0.25, 0.3) is 0 Å². The second-order valence-electron chi connectivity index (χ2n) is 4.45. The van der Waals surface area contributed by atoms with Crippen LogP contribution < -0.4 is 5.32 Å². The van der Waals surface area contributed by atoms with Crippen LogP contribution in [0.15, 0.2) is 18.2 Å². The number of halogens is 2. The highest BCUT2D eigenvalue weighted by Gasteiger charge is 2.18. The predicted molar refractivity (Wildman–Crippen MR) is 67.0 cm³/mol. The fraction of sp³-hybridized carbons (Fsp3) is 0.571. The summed E-state index contributed by atoms with van der Waals surface area (Å²) in [5, 5.41) is 3.35. The molecule has 0 aliphatic rings. The van der Waals surface area contributed by atoms with Crippen LogP contribution in [0.4, 0.5) is 8.78 Å². The van der Waals surface area contributed by atoms with Crippen LogP contribution in [0.5, 0.6) is 0 Å². The summed E-state index contributed by atoms with van der Waals surface area (Å²) in [6.45, 7) is 7.03. The average Bonchev–Trinajstić information content (AvgIpc) is 2.30. The molecule has 1 aromatic carbocycles. The highest BCUT2D eigenvalue weighted by atomic mass is 19.1. The fourth-order valence-corrected chi connectivity index (χ4v) is 2.20. The summed E-state index contributed by atoms with van der Waals surface area (Å²) in [6, 6.07) is 4.35. The molecule has 96 valence electrons. The number of benzene rings is 1. The van der Waals surface area contributed by atoms with Crippen molar-refractivity contribution in [2.24, 2.45) is 5.92 Å². The van der Waals surface area contributed by atoms with Gasteiger partial charge in [-0.25, -0.2) is 8.78 Å². The van der Waals surface area contributed by atoms with Crippen molar-refractivity contribution >= 4 is 0 Å². The van der Waals surface area contributed by atoms with Gasteiger partial charge < -0.3 is 5.32 Å². The summed E-state index contributed by atoms with van der Waals surface area (Å²) in [7, 11) is 0. The molecule has 1 nitrogen and oxygen atoms in total. The number of hydrogen-bond donors (Lipinski definition) is 1. The molecule has 0 spiro atoms. The van der Waals surface area contributed by atoms with Crippen LogP contribution in [0.1, 0.15) is 32.8 Å². The molecule has 0 heterocycles. The highest BCUT2D eigenvalue weighted by molar-refractivity contribution is 5.20. The zero-order valence-corrected chi connectivity index (χ0v) is 10.8. The van der Waals surface area contributed by atoms with Crippen molar-refractivity contribution in [2.75, 3.05) is 6.54 Å². The first kappa shape index (κ1) is 14.1. The molecule has 0 saturated heterocycles. The minimum absolute atomic E-state index is 0.205. The van der Waals surface area contributed by atoms with E-state index in [1.807, 2.05) is 13.8 Å². The Morgan fingerprint density at radius 2 is 1.76 bits per heavy atom. The Kier molecular flexibility index (Phi) is 5.56. The van der Waals surface area contributed by atoms with Crippen LogP contribution in [-0.4, -0.2) is 12.6 Å². The maximum absolute atomic E-state index is 13.5. The molecular weight excluding hydrogens is 220 g/mol. The molecule has 2 unspecified atom stereocenters. The molecule has 0 aliphatic carbocycles. The van der Waals surface area contributed by atoms with Crippen LogP contribution in [0, 0.1) is 17.6 Å². The van der Waals surface area contributed by atoms with Gasteiger partial charge in [0.1, 0.15) is 11.6 Å². The molecule has 0 aromatic heterocycles. The Bertz CT molecular complexity index is 332. The minimum Gasteiger partial charge on any atom is -0.314 e. The molecule has 2 atom stereocenters. The number of hydrogen-bond acceptors (Lipinski definition) is 1. The van der Waals surface area contributed by atoms with Crippen LogP contribution in [-0.2, 0) is 6.42 Å². The molecule has 1 aromatic rings. The van der Waals surface area contributed by atoms with Crippen molar-refractivity contribution in [3.05, 3.63) is 35.4 Å². The Hall–Kier alpha value is -0.960. The molecule has 0 bridgehead atoms. The number of rotatable bonds is 6. The maximum atomic E-state index is 13.5. The second kappa shape index (κ2) is 6.70. The van der Waals surface area contributed by atoms with Crippen molar-refractivity contribution in [1.29, 1.82) is 0 Å². The second-order valence-corrected chi connectivity index (χ2v) is 4.45. The van der Waals surface area contributed by atoms with Gasteiger partial charge in [0.25, 0.3) is 0 Å². The van der Waals surface area contributed by atoms with Crippen molar-refractivity contribution in [3.63, 3.8) is 0 Å². The lowest BCUT2D eigenvalue weighted by Gasteiger charge is -2.23. The Morgan fingerprint density at radius 1 is 1.18 bits per heavy atom. The summed E-state index contributed by atoms with van der Waals surface area (Å²) in [5.74, 6) is -0.669. The molecule has 1 rings (SSSR count). The third kappa shape index (κ3) is 3.77. The van der Waals surface area contributed by atoms with Crippen molar-refractivity contribution in [2.45, 2.75) is 39.7 Å². The van der Waals surface area contributed by atoms with E-state index in [2.05, 4.69) is 12.2 Å². The first-order valence-electron chi connectivity index (χ1n) is 6.26. The van der Waals surface area contributed by atoms with E-state index in [1.54, 1.807) is 0 Å². The zero-order chi connectivity index (χ0) is 12.8. The summed E-state index contributed by atoms with van der Waals surface area (Å²) in [4.78, 5) is 0. The van der Waals surface area contributed by atoms with Gasteiger partial charge >= 0.3 is 0 Å². The van der Waals surface area contributed by atoms with Crippen LogP contribution >= 0.6 is 0 Å². The first-order chi connectivity index (χ1) is 8.10. The minimum atomic E-state index is -0.441. The van der Waals surface area contributed by atoms with E-state index in [0.29, 0.717) is 12.5 Å². The monoisotopic (exact) mass is 241 g/mol. The smallest absolute Gasteiger partial charge is 0.129 e. The maximum Gasteiger partial charge on any atom is 0.129 e. The van der Waals surface area contributed by atoms with Gasteiger partial charge in [-0.15, -0.1) is 0 Å². The molecule has 3 heteroatoms. The standard InChI is InChI=1S/C14H21F2N/c1-4-14(17-5-2)10(3)9-11-12(15)7-6-8-13(11)16/h6-8,10,14,17H,4-5,9H2,1-3H3. The van der Waals surface area contributed by atoms with E-state index in [1.165, 1.54) is 18.2 Å². The first-order valence-corrected chi connectivity index (χ1v) is 6.26. The SMILES string of the molecule is CCNC(CC)C(C)Cc1c(F)cccc1F. The van der Waals surface area contributed by atoms with Gasteiger partial charge in [-0.05, 0) is 37.4 Å². The van der Waals surface area contributed by atoms with Crippen LogP contribution in [0.2, 0.25) is 0 Å². The third-order valence-corrected chi connectivity index (χ3v) is 3.18. The molecule has 0 aliphatic heterocycles. The Balaban J connectivity index is 2.76. The van der Waals surface area contributed by atoms with Gasteiger partial charge in [-0.2, -0.15) is 0 Å². The van der Waals surface area contributed by atoms with Crippen LogP contribution in [0.3, 0.4) is 0 Å². The van der Waals surface area contributed by atoms with Gasteiger partial charge in [0.05, 0.1) is 0 Å². The Morgan fingerprint density at radius 3 is 2.24 bits per heavy atom. The van der Waals surface area contributed by atoms with Gasteiger partial charge in [-0.3, -0.25) is 0 Å². The molecule has 17 heavy (non-hydrogen) atoms. The molecular formula is C14H21F2N. The van der Waals surface area contributed by atoms with Gasteiger partial charge in [0, 0.05) is 11.6 Å². The number of nitrogens with one attached hydrogen (secondary N) is 1. The van der Waals surface area contributed by atoms with E-state index in [4.69, 9.17) is 0 Å². The lowest BCUT2D eigenvalue weighted by Crippen LogP contribution is -2.35. The molecule has 0 amide bonds. The molecule has 0 saturated carbocycles. The van der Waals surface area contributed by atoms with E-state index >= 15 is 0 Å². The largest absolute Gasteiger partial charge is 0.314 e. The van der Waals surface area contributed by atoms with Crippen molar-refractivity contribution in [3.8, 4) is 0 Å². The van der Waals surface area contributed by atoms with Gasteiger partial charge in [0.2, 0.25) is 0 Å². The lowest BCUT2D eigenvalue weighted by atomic mass is 9.92. The molecule has 1 N–H and O–H groups in total. The summed E-state index contributed by atoms with van der Waals surface area (Å²) >= 11 is 0. The lowest BCUT2D eigenvalue weighted by molar-refractivity contribution is 0.362. The molecule has 0 radical (unpaired) electrons. The van der Waals surface area contributed by atoms with Crippen molar-refractivity contribution < 1.29 is 8.78 Å². The Labute approximate surface area is 102 Å². The zero-order valence-electron chi connectivity index (χ0n) is 10.8. The molecule has 0 fully saturated rings. The van der Waals surface area contributed by atoms with E-state index in [9.17, 15) is 8.78 Å². The fourth-order valence-electron chi connectivity index (χ4n) is 2.20. The van der Waals surface area contributed by atoms with E-state index in [0.717, 1.165) is 13.0 Å².